The first-order chi connectivity index (χ1) is 13.8. The van der Waals surface area contributed by atoms with E-state index in [0.29, 0.717) is 32.9 Å². The fraction of sp³-hybridized carbons (Fsp3) is 0.0952. The lowest BCUT2D eigenvalue weighted by molar-refractivity contribution is 0.402. The van der Waals surface area contributed by atoms with Crippen LogP contribution in [0, 0.1) is 6.92 Å². The number of ether oxygens (including phenoxy) is 1. The van der Waals surface area contributed by atoms with E-state index in [1.807, 2.05) is 6.92 Å². The minimum absolute atomic E-state index is 0.161. The molecule has 4 aromatic rings. The van der Waals surface area contributed by atoms with Crippen LogP contribution in [0.2, 0.25) is 5.02 Å². The van der Waals surface area contributed by atoms with E-state index >= 15 is 0 Å². The number of nitrogen functional groups attached to an aromatic ring is 1. The third-order valence-corrected chi connectivity index (χ3v) is 6.74. The van der Waals surface area contributed by atoms with E-state index < -0.39 is 10.0 Å². The Balaban J connectivity index is 2.10. The van der Waals surface area contributed by atoms with Gasteiger partial charge >= 0.3 is 0 Å². The number of nitrogens with zero attached hydrogens (tertiary/aromatic N) is 2. The van der Waals surface area contributed by atoms with Crippen molar-refractivity contribution in [3.8, 4) is 17.1 Å². The lowest BCUT2D eigenvalue weighted by Crippen LogP contribution is -2.15. The largest absolute Gasteiger partial charge is 0.479 e. The van der Waals surface area contributed by atoms with Gasteiger partial charge in [0.1, 0.15) is 5.52 Å². The highest BCUT2D eigenvalue weighted by atomic mass is 35.5. The number of halogens is 1. The lowest BCUT2D eigenvalue weighted by Gasteiger charge is -2.14. The van der Waals surface area contributed by atoms with Crippen molar-refractivity contribution in [1.29, 1.82) is 0 Å². The highest BCUT2D eigenvalue weighted by molar-refractivity contribution is 7.90. The van der Waals surface area contributed by atoms with Crippen LogP contribution < -0.4 is 10.5 Å². The molecule has 0 saturated carbocycles. The molecule has 2 heterocycles. The molecular formula is C21H18ClN3O3S. The Morgan fingerprint density at radius 1 is 1.07 bits per heavy atom. The molecule has 0 aliphatic carbocycles. The standard InChI is InChI=1S/C21H18ClN3O3S/c1-13-3-6-16(7-4-13)29(26,27)25-19(14-5-8-18(23)17(22)11-14)12-15-9-10-24-21(28-2)20(15)25/h3-12H,23H2,1-2H3. The van der Waals surface area contributed by atoms with Crippen LogP contribution in [0.1, 0.15) is 5.56 Å². The molecule has 0 fully saturated rings. The number of rotatable bonds is 4. The Hall–Kier alpha value is -3.03. The molecule has 0 aliphatic heterocycles. The Morgan fingerprint density at radius 3 is 2.45 bits per heavy atom. The van der Waals surface area contributed by atoms with Gasteiger partial charge in [-0.2, -0.15) is 0 Å². The number of aryl methyl sites for hydroxylation is 1. The fourth-order valence-corrected chi connectivity index (χ4v) is 4.91. The van der Waals surface area contributed by atoms with E-state index in [1.54, 1.807) is 60.8 Å². The third-order valence-electron chi connectivity index (χ3n) is 4.68. The summed E-state index contributed by atoms with van der Waals surface area (Å²) in [5, 5.41) is 1.02. The number of fused-ring (bicyclic) bond motifs is 1. The number of hydrogen-bond acceptors (Lipinski definition) is 5. The van der Waals surface area contributed by atoms with Crippen LogP contribution in [-0.4, -0.2) is 24.5 Å². The quantitative estimate of drug-likeness (QED) is 0.485. The van der Waals surface area contributed by atoms with Gasteiger partial charge in [0, 0.05) is 17.1 Å². The second-order valence-corrected chi connectivity index (χ2v) is 8.80. The number of anilines is 1. The van der Waals surface area contributed by atoms with Crippen LogP contribution in [0.3, 0.4) is 0 Å². The summed E-state index contributed by atoms with van der Waals surface area (Å²) in [6.45, 7) is 1.90. The zero-order valence-electron chi connectivity index (χ0n) is 15.8. The maximum atomic E-state index is 13.7. The van der Waals surface area contributed by atoms with Gasteiger partial charge in [-0.05, 0) is 43.3 Å². The molecule has 2 aromatic heterocycles. The normalized spacial score (nSPS) is 11.7. The highest BCUT2D eigenvalue weighted by Gasteiger charge is 2.26. The molecule has 0 saturated heterocycles. The van der Waals surface area contributed by atoms with Gasteiger partial charge in [-0.25, -0.2) is 17.4 Å². The van der Waals surface area contributed by atoms with E-state index in [1.165, 1.54) is 11.1 Å². The molecule has 0 amide bonds. The van der Waals surface area contributed by atoms with Crippen molar-refractivity contribution in [2.45, 2.75) is 11.8 Å². The molecule has 2 N–H and O–H groups in total. The molecule has 148 valence electrons. The maximum Gasteiger partial charge on any atom is 0.268 e. The van der Waals surface area contributed by atoms with E-state index in [4.69, 9.17) is 22.1 Å². The average molecular weight is 428 g/mol. The summed E-state index contributed by atoms with van der Waals surface area (Å²) < 4.78 is 33.9. The van der Waals surface area contributed by atoms with Gasteiger partial charge in [-0.15, -0.1) is 0 Å². The molecule has 0 atom stereocenters. The smallest absolute Gasteiger partial charge is 0.268 e. The molecule has 0 radical (unpaired) electrons. The maximum absolute atomic E-state index is 13.7. The number of methoxy groups -OCH3 is 1. The second-order valence-electron chi connectivity index (χ2n) is 6.61. The number of aromatic nitrogens is 2. The van der Waals surface area contributed by atoms with Gasteiger partial charge in [-0.1, -0.05) is 35.4 Å². The van der Waals surface area contributed by atoms with Crippen molar-refractivity contribution in [1.82, 2.24) is 8.96 Å². The summed E-state index contributed by atoms with van der Waals surface area (Å²) in [7, 11) is -2.50. The number of nitrogens with two attached hydrogens (primary N) is 1. The Bertz CT molecular complexity index is 1330. The monoisotopic (exact) mass is 427 g/mol. The fourth-order valence-electron chi connectivity index (χ4n) is 3.20. The van der Waals surface area contributed by atoms with Crippen LogP contribution in [0.4, 0.5) is 5.69 Å². The zero-order chi connectivity index (χ0) is 20.8. The van der Waals surface area contributed by atoms with Crippen molar-refractivity contribution in [3.05, 3.63) is 71.4 Å². The first kappa shape index (κ1) is 19.3. The van der Waals surface area contributed by atoms with Crippen molar-refractivity contribution in [3.63, 3.8) is 0 Å². The van der Waals surface area contributed by atoms with E-state index in [9.17, 15) is 8.42 Å². The van der Waals surface area contributed by atoms with Crippen molar-refractivity contribution >= 4 is 38.2 Å². The van der Waals surface area contributed by atoms with Crippen LogP contribution in [0.25, 0.3) is 22.2 Å². The average Bonchev–Trinajstić information content (AvgIpc) is 3.11. The summed E-state index contributed by atoms with van der Waals surface area (Å²) in [5.41, 5.74) is 8.62. The van der Waals surface area contributed by atoms with Crippen molar-refractivity contribution < 1.29 is 13.2 Å². The van der Waals surface area contributed by atoms with Gasteiger partial charge in [-0.3, -0.25) is 0 Å². The first-order valence-corrected chi connectivity index (χ1v) is 10.6. The van der Waals surface area contributed by atoms with Gasteiger partial charge < -0.3 is 10.5 Å². The molecule has 6 nitrogen and oxygen atoms in total. The number of benzene rings is 2. The van der Waals surface area contributed by atoms with Gasteiger partial charge in [0.25, 0.3) is 10.0 Å². The zero-order valence-corrected chi connectivity index (χ0v) is 17.3. The lowest BCUT2D eigenvalue weighted by atomic mass is 10.1. The molecule has 0 unspecified atom stereocenters. The predicted octanol–water partition coefficient (Wildman–Crippen LogP) is 4.49. The van der Waals surface area contributed by atoms with E-state index in [0.717, 1.165) is 5.56 Å². The molecule has 4 rings (SSSR count). The van der Waals surface area contributed by atoms with Crippen LogP contribution in [0.5, 0.6) is 5.88 Å². The van der Waals surface area contributed by atoms with Crippen LogP contribution >= 0.6 is 11.6 Å². The summed E-state index contributed by atoms with van der Waals surface area (Å²) in [6, 6.07) is 15.2. The number of hydrogen-bond donors (Lipinski definition) is 1. The molecule has 0 spiro atoms. The highest BCUT2D eigenvalue weighted by Crippen LogP contribution is 2.37. The van der Waals surface area contributed by atoms with Crippen LogP contribution in [-0.2, 0) is 10.0 Å². The SMILES string of the molecule is COc1nccc2cc(-c3ccc(N)c(Cl)c3)n(S(=O)(=O)c3ccc(C)cc3)c12. The molecule has 8 heteroatoms. The number of pyridine rings is 1. The minimum atomic E-state index is -3.95. The first-order valence-electron chi connectivity index (χ1n) is 8.75. The molecule has 2 aromatic carbocycles. The van der Waals surface area contributed by atoms with Crippen LogP contribution in [0.15, 0.2) is 65.7 Å². The van der Waals surface area contributed by atoms with E-state index in [-0.39, 0.29) is 10.8 Å². The Kier molecular flexibility index (Phi) is 4.72. The summed E-state index contributed by atoms with van der Waals surface area (Å²) >= 11 is 6.20. The molecule has 29 heavy (non-hydrogen) atoms. The molecule has 0 bridgehead atoms. The van der Waals surface area contributed by atoms with Gasteiger partial charge in [0.05, 0.1) is 28.4 Å². The minimum Gasteiger partial charge on any atom is -0.479 e. The second kappa shape index (κ2) is 7.09. The topological polar surface area (TPSA) is 87.2 Å². The molecule has 0 aliphatic rings. The van der Waals surface area contributed by atoms with Crippen molar-refractivity contribution in [2.75, 3.05) is 12.8 Å². The Morgan fingerprint density at radius 2 is 1.79 bits per heavy atom. The predicted molar refractivity (Wildman–Crippen MR) is 115 cm³/mol. The van der Waals surface area contributed by atoms with Crippen molar-refractivity contribution in [2.24, 2.45) is 0 Å². The molecular weight excluding hydrogens is 410 g/mol. The van der Waals surface area contributed by atoms with E-state index in [2.05, 4.69) is 4.98 Å². The van der Waals surface area contributed by atoms with Gasteiger partial charge in [0.2, 0.25) is 5.88 Å². The Labute approximate surface area is 173 Å². The van der Waals surface area contributed by atoms with Gasteiger partial charge in [0.15, 0.2) is 0 Å². The summed E-state index contributed by atoms with van der Waals surface area (Å²) in [5.74, 6) is 0.214. The third kappa shape index (κ3) is 3.22. The summed E-state index contributed by atoms with van der Waals surface area (Å²) in [4.78, 5) is 4.35. The summed E-state index contributed by atoms with van der Waals surface area (Å²) in [6.07, 6.45) is 1.57.